The van der Waals surface area contributed by atoms with E-state index in [1.165, 1.54) is 18.0 Å². The van der Waals surface area contributed by atoms with E-state index in [2.05, 4.69) is 14.9 Å². The van der Waals surface area contributed by atoms with Crippen LogP contribution in [0.1, 0.15) is 12.1 Å². The molecule has 0 radical (unpaired) electrons. The number of carbonyl (C=O) groups is 1. The van der Waals surface area contributed by atoms with Crippen molar-refractivity contribution in [2.45, 2.75) is 23.8 Å². The normalized spacial score (nSPS) is 24.3. The molecule has 100 valence electrons. The van der Waals surface area contributed by atoms with Crippen LogP contribution in [0.15, 0.2) is 11.1 Å². The van der Waals surface area contributed by atoms with Crippen molar-refractivity contribution in [1.82, 2.24) is 14.9 Å². The van der Waals surface area contributed by atoms with Gasteiger partial charge in [-0.25, -0.2) is 8.42 Å². The zero-order chi connectivity index (χ0) is 13.4. The molecule has 1 unspecified atom stereocenters. The van der Waals surface area contributed by atoms with Crippen LogP contribution in [-0.2, 0) is 14.8 Å². The molecule has 0 aromatic carbocycles. The van der Waals surface area contributed by atoms with Crippen molar-refractivity contribution in [1.29, 1.82) is 0 Å². The Morgan fingerprint density at radius 2 is 2.39 bits per heavy atom. The number of aromatic amines is 1. The van der Waals surface area contributed by atoms with Gasteiger partial charge in [0.2, 0.25) is 10.0 Å². The van der Waals surface area contributed by atoms with Crippen molar-refractivity contribution in [3.63, 3.8) is 0 Å². The third-order valence-electron chi connectivity index (χ3n) is 2.83. The number of nitrogens with one attached hydrogen (secondary N) is 2. The van der Waals surface area contributed by atoms with E-state index in [4.69, 9.17) is 0 Å². The van der Waals surface area contributed by atoms with Crippen LogP contribution in [0, 0.1) is 6.92 Å². The minimum absolute atomic E-state index is 0.0139. The van der Waals surface area contributed by atoms with Crippen molar-refractivity contribution in [2.75, 3.05) is 11.5 Å². The van der Waals surface area contributed by atoms with Crippen LogP contribution in [0.25, 0.3) is 0 Å². The fourth-order valence-electron chi connectivity index (χ4n) is 1.78. The zero-order valence-corrected chi connectivity index (χ0v) is 11.3. The van der Waals surface area contributed by atoms with Gasteiger partial charge in [0.1, 0.15) is 10.4 Å². The number of carboxylic acid groups (broad SMARTS) is 1. The number of hydrogen-bond donors (Lipinski definition) is 3. The average Bonchev–Trinajstić information content (AvgIpc) is 2.87. The summed E-state index contributed by atoms with van der Waals surface area (Å²) in [6, 6.07) is 0. The minimum Gasteiger partial charge on any atom is -0.480 e. The smallest absolute Gasteiger partial charge is 0.325 e. The van der Waals surface area contributed by atoms with Gasteiger partial charge in [0.15, 0.2) is 0 Å². The lowest BCUT2D eigenvalue weighted by molar-refractivity contribution is -0.142. The van der Waals surface area contributed by atoms with Gasteiger partial charge in [-0.05, 0) is 19.1 Å². The quantitative estimate of drug-likeness (QED) is 0.717. The van der Waals surface area contributed by atoms with E-state index in [9.17, 15) is 18.3 Å². The molecule has 7 nitrogen and oxygen atoms in total. The highest BCUT2D eigenvalue weighted by Crippen LogP contribution is 2.30. The van der Waals surface area contributed by atoms with E-state index in [0.29, 0.717) is 11.4 Å². The molecule has 0 bridgehead atoms. The summed E-state index contributed by atoms with van der Waals surface area (Å²) in [5.74, 6) is -0.283. The molecule has 0 saturated carbocycles. The SMILES string of the molecule is Cc1[nH]ncc1S(=O)(=O)NC1(C(=O)O)CCSC1. The van der Waals surface area contributed by atoms with E-state index >= 15 is 0 Å². The number of aryl methyl sites for hydroxylation is 1. The van der Waals surface area contributed by atoms with Crippen molar-refractivity contribution in [2.24, 2.45) is 0 Å². The number of aromatic nitrogens is 2. The molecule has 1 aliphatic rings. The summed E-state index contributed by atoms with van der Waals surface area (Å²) in [6.45, 7) is 1.57. The molecule has 2 heterocycles. The van der Waals surface area contributed by atoms with Crippen LogP contribution < -0.4 is 4.72 Å². The highest BCUT2D eigenvalue weighted by Gasteiger charge is 2.45. The second kappa shape index (κ2) is 4.56. The van der Waals surface area contributed by atoms with Gasteiger partial charge in [-0.3, -0.25) is 9.89 Å². The molecule has 2 rings (SSSR count). The lowest BCUT2D eigenvalue weighted by atomic mass is 10.0. The number of carboxylic acids is 1. The highest BCUT2D eigenvalue weighted by molar-refractivity contribution is 7.99. The van der Waals surface area contributed by atoms with E-state index in [1.807, 2.05) is 0 Å². The lowest BCUT2D eigenvalue weighted by Crippen LogP contribution is -2.54. The van der Waals surface area contributed by atoms with E-state index in [-0.39, 0.29) is 17.1 Å². The van der Waals surface area contributed by atoms with Gasteiger partial charge in [-0.2, -0.15) is 21.6 Å². The number of H-pyrrole nitrogens is 1. The molecule has 9 heteroatoms. The summed E-state index contributed by atoms with van der Waals surface area (Å²) in [6.07, 6.45) is 1.46. The molecule has 1 aliphatic heterocycles. The van der Waals surface area contributed by atoms with Gasteiger partial charge in [-0.15, -0.1) is 0 Å². The maximum atomic E-state index is 12.1. The minimum atomic E-state index is -3.87. The first-order chi connectivity index (χ1) is 8.37. The van der Waals surface area contributed by atoms with Crippen molar-refractivity contribution >= 4 is 27.8 Å². The predicted molar refractivity (Wildman–Crippen MR) is 66.0 cm³/mol. The highest BCUT2D eigenvalue weighted by atomic mass is 32.2. The molecule has 1 aromatic heterocycles. The topological polar surface area (TPSA) is 112 Å². The monoisotopic (exact) mass is 291 g/mol. The van der Waals surface area contributed by atoms with Crippen LogP contribution in [0.3, 0.4) is 0 Å². The van der Waals surface area contributed by atoms with Gasteiger partial charge in [-0.1, -0.05) is 0 Å². The number of hydrogen-bond acceptors (Lipinski definition) is 5. The molecule has 1 aromatic rings. The Hall–Kier alpha value is -1.06. The van der Waals surface area contributed by atoms with Crippen LogP contribution in [0.5, 0.6) is 0 Å². The van der Waals surface area contributed by atoms with E-state index in [1.54, 1.807) is 6.92 Å². The van der Waals surface area contributed by atoms with Crippen molar-refractivity contribution < 1.29 is 18.3 Å². The molecule has 1 fully saturated rings. The standard InChI is InChI=1S/C9H13N3O4S2/c1-6-7(4-10-11-6)18(15,16)12-9(8(13)14)2-3-17-5-9/h4,12H,2-3,5H2,1H3,(H,10,11)(H,13,14). The molecule has 0 spiro atoms. The fourth-order valence-corrected chi connectivity index (χ4v) is 4.72. The maximum absolute atomic E-state index is 12.1. The number of rotatable bonds is 4. The van der Waals surface area contributed by atoms with Gasteiger partial charge in [0.25, 0.3) is 0 Å². The third-order valence-corrected chi connectivity index (χ3v) is 5.67. The number of aliphatic carboxylic acids is 1. The largest absolute Gasteiger partial charge is 0.480 e. The molecular weight excluding hydrogens is 278 g/mol. The number of thioether (sulfide) groups is 1. The maximum Gasteiger partial charge on any atom is 0.325 e. The third kappa shape index (κ3) is 2.25. The van der Waals surface area contributed by atoms with Crippen molar-refractivity contribution in [3.05, 3.63) is 11.9 Å². The van der Waals surface area contributed by atoms with Crippen LogP contribution in [0.4, 0.5) is 0 Å². The Labute approximate surface area is 108 Å². The molecule has 1 saturated heterocycles. The first-order valence-electron chi connectivity index (χ1n) is 5.22. The van der Waals surface area contributed by atoms with Crippen molar-refractivity contribution in [3.8, 4) is 0 Å². The molecule has 0 aliphatic carbocycles. The predicted octanol–water partition coefficient (Wildman–Crippen LogP) is -0.0433. The van der Waals surface area contributed by atoms with Crippen LogP contribution in [-0.4, -0.2) is 46.7 Å². The van der Waals surface area contributed by atoms with Crippen LogP contribution >= 0.6 is 11.8 Å². The van der Waals surface area contributed by atoms with E-state index < -0.39 is 21.5 Å². The Morgan fingerprint density at radius 1 is 1.67 bits per heavy atom. The summed E-state index contributed by atoms with van der Waals surface area (Å²) < 4.78 is 26.6. The Morgan fingerprint density at radius 3 is 2.83 bits per heavy atom. The van der Waals surface area contributed by atoms with Gasteiger partial charge < -0.3 is 5.11 Å². The zero-order valence-electron chi connectivity index (χ0n) is 9.63. The Kier molecular flexibility index (Phi) is 3.39. The molecule has 1 atom stereocenters. The first-order valence-corrected chi connectivity index (χ1v) is 7.86. The fraction of sp³-hybridized carbons (Fsp3) is 0.556. The second-order valence-electron chi connectivity index (χ2n) is 4.15. The molecule has 18 heavy (non-hydrogen) atoms. The molecular formula is C9H13N3O4S2. The first kappa shape index (κ1) is 13.4. The summed E-state index contributed by atoms with van der Waals surface area (Å²) >= 11 is 1.42. The average molecular weight is 291 g/mol. The summed E-state index contributed by atoms with van der Waals surface area (Å²) in [5.41, 5.74) is -1.03. The summed E-state index contributed by atoms with van der Waals surface area (Å²) in [4.78, 5) is 11.3. The lowest BCUT2D eigenvalue weighted by Gasteiger charge is -2.23. The number of nitrogens with zero attached hydrogens (tertiary/aromatic N) is 1. The summed E-state index contributed by atoms with van der Waals surface area (Å²) in [7, 11) is -3.87. The van der Waals surface area contributed by atoms with Gasteiger partial charge >= 0.3 is 5.97 Å². The Bertz CT molecular complexity index is 560. The number of sulfonamides is 1. The molecule has 3 N–H and O–H groups in total. The van der Waals surface area contributed by atoms with Crippen LogP contribution in [0.2, 0.25) is 0 Å². The molecule has 0 amide bonds. The van der Waals surface area contributed by atoms with E-state index in [0.717, 1.165) is 0 Å². The summed E-state index contributed by atoms with van der Waals surface area (Å²) in [5, 5.41) is 15.4. The van der Waals surface area contributed by atoms with Gasteiger partial charge in [0.05, 0.1) is 11.9 Å². The second-order valence-corrected chi connectivity index (χ2v) is 6.91. The Balaban J connectivity index is 2.33. The van der Waals surface area contributed by atoms with Gasteiger partial charge in [0, 0.05) is 5.75 Å².